The van der Waals surface area contributed by atoms with Crippen LogP contribution in [-0.4, -0.2) is 50.0 Å². The molecule has 1 saturated carbocycles. The molecule has 7 nitrogen and oxygen atoms in total. The Morgan fingerprint density at radius 2 is 1.74 bits per heavy atom. The SMILES string of the molecule is CCC(C(=O)NC1CCCC1)N(Cc1ccccc1Cl)C(=O)CCCN(c1cc(Cl)ccc1Cl)S(C)(=O)=O. The molecule has 1 fully saturated rings. The van der Waals surface area contributed by atoms with Crippen molar-refractivity contribution in [2.45, 2.75) is 70.5 Å². The quantitative estimate of drug-likeness (QED) is 0.320. The highest BCUT2D eigenvalue weighted by atomic mass is 35.5. The molecule has 1 unspecified atom stereocenters. The molecule has 0 saturated heterocycles. The number of carbonyl (C=O) groups excluding carboxylic acids is 2. The number of sulfonamides is 1. The number of hydrogen-bond acceptors (Lipinski definition) is 4. The Balaban J connectivity index is 1.79. The van der Waals surface area contributed by atoms with Crippen LogP contribution < -0.4 is 9.62 Å². The molecule has 2 aromatic carbocycles. The van der Waals surface area contributed by atoms with Gasteiger partial charge in [0.15, 0.2) is 0 Å². The second-order valence-electron chi connectivity index (χ2n) is 9.56. The lowest BCUT2D eigenvalue weighted by Crippen LogP contribution is -2.51. The molecule has 0 heterocycles. The largest absolute Gasteiger partial charge is 0.352 e. The van der Waals surface area contributed by atoms with E-state index in [0.717, 1.165) is 41.8 Å². The van der Waals surface area contributed by atoms with Crippen LogP contribution in [0.1, 0.15) is 57.4 Å². The van der Waals surface area contributed by atoms with Gasteiger partial charge in [-0.3, -0.25) is 13.9 Å². The van der Waals surface area contributed by atoms with Crippen molar-refractivity contribution in [3.05, 3.63) is 63.1 Å². The summed E-state index contributed by atoms with van der Waals surface area (Å²) in [5.41, 5.74) is 0.988. The highest BCUT2D eigenvalue weighted by molar-refractivity contribution is 7.92. The Hall–Kier alpha value is -2.00. The minimum Gasteiger partial charge on any atom is -0.352 e. The van der Waals surface area contributed by atoms with Crippen LogP contribution in [0.2, 0.25) is 15.1 Å². The maximum atomic E-state index is 13.6. The van der Waals surface area contributed by atoms with Crippen molar-refractivity contribution in [1.82, 2.24) is 10.2 Å². The molecule has 0 spiro atoms. The highest BCUT2D eigenvalue weighted by Gasteiger charge is 2.31. The fourth-order valence-electron chi connectivity index (χ4n) is 4.76. The Morgan fingerprint density at radius 3 is 2.37 bits per heavy atom. The molecule has 2 amide bonds. The van der Waals surface area contributed by atoms with Crippen LogP contribution in [0.15, 0.2) is 42.5 Å². The minimum atomic E-state index is -3.69. The van der Waals surface area contributed by atoms with E-state index in [2.05, 4.69) is 5.32 Å². The summed E-state index contributed by atoms with van der Waals surface area (Å²) in [7, 11) is -3.69. The van der Waals surface area contributed by atoms with Crippen LogP contribution in [0.4, 0.5) is 5.69 Å². The monoisotopic (exact) mass is 601 g/mol. The first-order valence-electron chi connectivity index (χ1n) is 12.8. The van der Waals surface area contributed by atoms with Crippen molar-refractivity contribution in [1.29, 1.82) is 0 Å². The average molecular weight is 603 g/mol. The minimum absolute atomic E-state index is 0.0234. The van der Waals surface area contributed by atoms with Crippen LogP contribution in [0.3, 0.4) is 0 Å². The number of nitrogens with one attached hydrogen (secondary N) is 1. The molecule has 1 aliphatic rings. The molecule has 1 atom stereocenters. The molecule has 0 radical (unpaired) electrons. The highest BCUT2D eigenvalue weighted by Crippen LogP contribution is 2.31. The van der Waals surface area contributed by atoms with Crippen molar-refractivity contribution >= 4 is 62.3 Å². The topological polar surface area (TPSA) is 86.8 Å². The lowest BCUT2D eigenvalue weighted by molar-refractivity contribution is -0.141. The molecule has 0 aromatic heterocycles. The van der Waals surface area contributed by atoms with Gasteiger partial charge in [-0.25, -0.2) is 8.42 Å². The molecular weight excluding hydrogens is 569 g/mol. The normalized spacial score (nSPS) is 14.8. The van der Waals surface area contributed by atoms with Gasteiger partial charge in [0.2, 0.25) is 21.8 Å². The van der Waals surface area contributed by atoms with Gasteiger partial charge in [-0.1, -0.05) is 72.8 Å². The van der Waals surface area contributed by atoms with Crippen molar-refractivity contribution in [2.24, 2.45) is 0 Å². The van der Waals surface area contributed by atoms with E-state index in [1.54, 1.807) is 17.0 Å². The Labute approximate surface area is 240 Å². The van der Waals surface area contributed by atoms with E-state index in [1.807, 2.05) is 25.1 Å². The summed E-state index contributed by atoms with van der Waals surface area (Å²) in [6.45, 7) is 2.07. The molecule has 38 heavy (non-hydrogen) atoms. The van der Waals surface area contributed by atoms with Gasteiger partial charge in [0, 0.05) is 35.6 Å². The van der Waals surface area contributed by atoms with E-state index in [4.69, 9.17) is 34.8 Å². The predicted octanol–water partition coefficient (Wildman–Crippen LogP) is 6.06. The van der Waals surface area contributed by atoms with Gasteiger partial charge in [0.05, 0.1) is 17.0 Å². The molecule has 1 aliphatic carbocycles. The van der Waals surface area contributed by atoms with Gasteiger partial charge in [-0.15, -0.1) is 0 Å². The molecule has 0 aliphatic heterocycles. The van der Waals surface area contributed by atoms with Crippen molar-refractivity contribution < 1.29 is 18.0 Å². The summed E-state index contributed by atoms with van der Waals surface area (Å²) in [6, 6.07) is 11.3. The van der Waals surface area contributed by atoms with E-state index in [0.29, 0.717) is 16.5 Å². The van der Waals surface area contributed by atoms with E-state index in [-0.39, 0.29) is 54.5 Å². The smallest absolute Gasteiger partial charge is 0.243 e. The first-order chi connectivity index (χ1) is 18.0. The zero-order valence-electron chi connectivity index (χ0n) is 21.6. The summed E-state index contributed by atoms with van der Waals surface area (Å²) < 4.78 is 26.3. The van der Waals surface area contributed by atoms with Gasteiger partial charge in [-0.05, 0) is 55.5 Å². The predicted molar refractivity (Wildman–Crippen MR) is 154 cm³/mol. The lowest BCUT2D eigenvalue weighted by atomic mass is 10.1. The van der Waals surface area contributed by atoms with E-state index in [9.17, 15) is 18.0 Å². The van der Waals surface area contributed by atoms with Crippen LogP contribution >= 0.6 is 34.8 Å². The summed E-state index contributed by atoms with van der Waals surface area (Å²) >= 11 is 18.7. The zero-order chi connectivity index (χ0) is 27.9. The fourth-order valence-corrected chi connectivity index (χ4v) is 6.36. The van der Waals surface area contributed by atoms with Crippen molar-refractivity contribution in [3.8, 4) is 0 Å². The van der Waals surface area contributed by atoms with Crippen molar-refractivity contribution in [2.75, 3.05) is 17.1 Å². The first kappa shape index (κ1) is 30.5. The third kappa shape index (κ3) is 8.25. The standard InChI is InChI=1S/C27H34Cl3N3O4S/c1-3-24(27(35)31-21-10-5-6-11-21)32(18-19-9-4-7-12-22(19)29)26(34)13-8-16-33(38(2,36)37)25-17-20(28)14-15-23(25)30/h4,7,9,12,14-15,17,21,24H,3,5-6,8,10-11,13,16,18H2,1-2H3,(H,31,35). The lowest BCUT2D eigenvalue weighted by Gasteiger charge is -2.32. The molecule has 0 bridgehead atoms. The van der Waals surface area contributed by atoms with Gasteiger partial charge in [-0.2, -0.15) is 0 Å². The third-order valence-electron chi connectivity index (χ3n) is 6.72. The Morgan fingerprint density at radius 1 is 1.05 bits per heavy atom. The second-order valence-corrected chi connectivity index (χ2v) is 12.7. The second kappa shape index (κ2) is 13.9. The maximum Gasteiger partial charge on any atom is 0.243 e. The zero-order valence-corrected chi connectivity index (χ0v) is 24.7. The van der Waals surface area contributed by atoms with Crippen molar-refractivity contribution in [3.63, 3.8) is 0 Å². The molecule has 3 rings (SSSR count). The number of nitrogens with zero attached hydrogens (tertiary/aromatic N) is 2. The molecule has 11 heteroatoms. The van der Waals surface area contributed by atoms with Gasteiger partial charge < -0.3 is 10.2 Å². The molecule has 2 aromatic rings. The van der Waals surface area contributed by atoms with E-state index < -0.39 is 16.1 Å². The van der Waals surface area contributed by atoms with Crippen LogP contribution in [0.5, 0.6) is 0 Å². The van der Waals surface area contributed by atoms with Gasteiger partial charge >= 0.3 is 0 Å². The number of rotatable bonds is 12. The number of amides is 2. The molecule has 208 valence electrons. The summed E-state index contributed by atoms with van der Waals surface area (Å²) in [6.07, 6.45) is 5.80. The third-order valence-corrected chi connectivity index (χ3v) is 8.82. The first-order valence-corrected chi connectivity index (χ1v) is 15.8. The molecule has 1 N–H and O–H groups in total. The number of halogens is 3. The number of carbonyl (C=O) groups is 2. The van der Waals surface area contributed by atoms with E-state index in [1.165, 1.54) is 12.1 Å². The van der Waals surface area contributed by atoms with Gasteiger partial charge in [0.1, 0.15) is 6.04 Å². The fraction of sp³-hybridized carbons (Fsp3) is 0.481. The molecular formula is C27H34Cl3N3O4S. The van der Waals surface area contributed by atoms with Crippen LogP contribution in [0, 0.1) is 0 Å². The number of hydrogen-bond donors (Lipinski definition) is 1. The summed E-state index contributed by atoms with van der Waals surface area (Å²) in [4.78, 5) is 28.4. The van der Waals surface area contributed by atoms with Crippen LogP contribution in [-0.2, 0) is 26.2 Å². The summed E-state index contributed by atoms with van der Waals surface area (Å²) in [5, 5.41) is 4.21. The summed E-state index contributed by atoms with van der Waals surface area (Å²) in [5.74, 6) is -0.438. The number of anilines is 1. The Bertz CT molecular complexity index is 1240. The Kier molecular flexibility index (Phi) is 11.2. The van der Waals surface area contributed by atoms with E-state index >= 15 is 0 Å². The number of benzene rings is 2. The average Bonchev–Trinajstić information content (AvgIpc) is 3.36. The van der Waals surface area contributed by atoms with Gasteiger partial charge in [0.25, 0.3) is 0 Å². The van der Waals surface area contributed by atoms with Crippen LogP contribution in [0.25, 0.3) is 0 Å². The maximum absolute atomic E-state index is 13.6.